The third-order valence-electron chi connectivity index (χ3n) is 4.61. The molecule has 4 heteroatoms. The van der Waals surface area contributed by atoms with Crippen LogP contribution in [0.5, 0.6) is 11.5 Å². The number of fused-ring (bicyclic) bond motifs is 1. The van der Waals surface area contributed by atoms with Crippen molar-refractivity contribution < 1.29 is 14.3 Å². The molecule has 1 aliphatic rings. The Bertz CT molecular complexity index is 516. The van der Waals surface area contributed by atoms with Crippen LogP contribution in [0.25, 0.3) is 0 Å². The third-order valence-corrected chi connectivity index (χ3v) is 4.61. The highest BCUT2D eigenvalue weighted by Gasteiger charge is 2.12. The minimum atomic E-state index is 0.169. The van der Waals surface area contributed by atoms with Gasteiger partial charge in [0.2, 0.25) is 5.91 Å². The van der Waals surface area contributed by atoms with E-state index in [2.05, 4.69) is 25.2 Å². The fourth-order valence-corrected chi connectivity index (χ4v) is 2.99. The summed E-state index contributed by atoms with van der Waals surface area (Å²) in [5, 5.41) is 3.10. The topological polar surface area (TPSA) is 47.6 Å². The average molecular weight is 333 g/mol. The Hall–Kier alpha value is -1.71. The summed E-state index contributed by atoms with van der Waals surface area (Å²) in [4.78, 5) is 12.0. The van der Waals surface area contributed by atoms with Crippen molar-refractivity contribution in [1.82, 2.24) is 5.32 Å². The summed E-state index contributed by atoms with van der Waals surface area (Å²) < 4.78 is 11.1. The lowest BCUT2D eigenvalue weighted by molar-refractivity contribution is -0.121. The highest BCUT2D eigenvalue weighted by Crippen LogP contribution is 2.31. The molecule has 0 saturated heterocycles. The molecule has 0 radical (unpaired) electrons. The van der Waals surface area contributed by atoms with E-state index in [1.54, 1.807) is 0 Å². The number of hydrogen-bond acceptors (Lipinski definition) is 3. The average Bonchev–Trinajstić information content (AvgIpc) is 2.62. The molecule has 0 aliphatic carbocycles. The van der Waals surface area contributed by atoms with E-state index < -0.39 is 0 Å². The second-order valence-electron chi connectivity index (χ2n) is 6.55. The van der Waals surface area contributed by atoms with Gasteiger partial charge >= 0.3 is 0 Å². The summed E-state index contributed by atoms with van der Waals surface area (Å²) in [5.41, 5.74) is 1.20. The van der Waals surface area contributed by atoms with Gasteiger partial charge in [-0.3, -0.25) is 4.79 Å². The molecular weight excluding hydrogens is 302 g/mol. The number of rotatable bonds is 10. The quantitative estimate of drug-likeness (QED) is 0.701. The van der Waals surface area contributed by atoms with Gasteiger partial charge in [0.1, 0.15) is 13.2 Å². The van der Waals surface area contributed by atoms with Gasteiger partial charge in [0.05, 0.1) is 0 Å². The number of aryl methyl sites for hydroxylation is 1. The number of ether oxygens (including phenoxy) is 2. The van der Waals surface area contributed by atoms with Crippen LogP contribution in [0.4, 0.5) is 0 Å². The largest absolute Gasteiger partial charge is 0.486 e. The maximum absolute atomic E-state index is 12.0. The first kappa shape index (κ1) is 18.6. The van der Waals surface area contributed by atoms with Crippen LogP contribution in [0, 0.1) is 5.92 Å². The lowest BCUT2D eigenvalue weighted by Gasteiger charge is -2.18. The highest BCUT2D eigenvalue weighted by molar-refractivity contribution is 5.75. The molecule has 1 aliphatic heterocycles. The summed E-state index contributed by atoms with van der Waals surface area (Å²) in [6.07, 6.45) is 7.15. The Morgan fingerprint density at radius 3 is 2.71 bits per heavy atom. The van der Waals surface area contributed by atoms with Crippen molar-refractivity contribution in [3.05, 3.63) is 23.8 Å². The first-order valence-electron chi connectivity index (χ1n) is 9.38. The van der Waals surface area contributed by atoms with Crippen LogP contribution in [-0.2, 0) is 11.2 Å². The summed E-state index contributed by atoms with van der Waals surface area (Å²) in [5.74, 6) is 2.43. The predicted octanol–water partition coefficient (Wildman–Crippen LogP) is 4.11. The first-order chi connectivity index (χ1) is 11.7. The van der Waals surface area contributed by atoms with E-state index in [4.69, 9.17) is 9.47 Å². The molecule has 1 atom stereocenters. The third kappa shape index (κ3) is 6.06. The molecule has 1 heterocycles. The van der Waals surface area contributed by atoms with Gasteiger partial charge in [-0.1, -0.05) is 39.2 Å². The summed E-state index contributed by atoms with van der Waals surface area (Å²) >= 11 is 0. The summed E-state index contributed by atoms with van der Waals surface area (Å²) in [6, 6.07) is 6.05. The number of carbonyl (C=O) groups is 1. The highest BCUT2D eigenvalue weighted by atomic mass is 16.6. The van der Waals surface area contributed by atoms with Crippen LogP contribution in [0.3, 0.4) is 0 Å². The zero-order valence-electron chi connectivity index (χ0n) is 15.1. The molecule has 0 unspecified atom stereocenters. The van der Waals surface area contributed by atoms with Crippen LogP contribution in [0.1, 0.15) is 57.9 Å². The molecule has 0 saturated carbocycles. The molecule has 1 aromatic carbocycles. The van der Waals surface area contributed by atoms with E-state index in [0.717, 1.165) is 37.3 Å². The lowest BCUT2D eigenvalue weighted by Crippen LogP contribution is -2.29. The molecule has 2 rings (SSSR count). The van der Waals surface area contributed by atoms with E-state index in [9.17, 15) is 4.79 Å². The number of carbonyl (C=O) groups excluding carboxylic acids is 1. The molecule has 24 heavy (non-hydrogen) atoms. The van der Waals surface area contributed by atoms with Crippen LogP contribution in [0.2, 0.25) is 0 Å². The smallest absolute Gasteiger partial charge is 0.220 e. The fraction of sp³-hybridized carbons (Fsp3) is 0.650. The van der Waals surface area contributed by atoms with Gasteiger partial charge in [-0.05, 0) is 42.9 Å². The Morgan fingerprint density at radius 1 is 1.17 bits per heavy atom. The molecule has 4 nitrogen and oxygen atoms in total. The van der Waals surface area contributed by atoms with Gasteiger partial charge in [0.25, 0.3) is 0 Å². The maximum atomic E-state index is 12.0. The number of hydrogen-bond donors (Lipinski definition) is 1. The standard InChI is InChI=1S/C20H31NO3/c1-3-5-7-16(4-2)15-21-20(22)9-6-8-17-10-11-18-19(14-17)24-13-12-23-18/h10-11,14,16H,3-9,12-13,15H2,1-2H3,(H,21,22)/t16-/m0/s1. The minimum Gasteiger partial charge on any atom is -0.486 e. The Kier molecular flexibility index (Phi) is 7.93. The molecular formula is C20H31NO3. The zero-order valence-corrected chi connectivity index (χ0v) is 15.1. The summed E-state index contributed by atoms with van der Waals surface area (Å²) in [7, 11) is 0. The van der Waals surface area contributed by atoms with Gasteiger partial charge in [-0.2, -0.15) is 0 Å². The van der Waals surface area contributed by atoms with Crippen LogP contribution >= 0.6 is 0 Å². The normalized spacial score (nSPS) is 14.2. The van der Waals surface area contributed by atoms with Crippen molar-refractivity contribution in [2.75, 3.05) is 19.8 Å². The fourth-order valence-electron chi connectivity index (χ4n) is 2.99. The van der Waals surface area contributed by atoms with Gasteiger partial charge < -0.3 is 14.8 Å². The maximum Gasteiger partial charge on any atom is 0.220 e. The molecule has 1 N–H and O–H groups in total. The lowest BCUT2D eigenvalue weighted by atomic mass is 9.99. The monoisotopic (exact) mass is 333 g/mol. The van der Waals surface area contributed by atoms with Gasteiger partial charge in [0.15, 0.2) is 11.5 Å². The molecule has 0 fully saturated rings. The molecule has 1 amide bonds. The van der Waals surface area contributed by atoms with Crippen molar-refractivity contribution in [3.63, 3.8) is 0 Å². The Morgan fingerprint density at radius 2 is 1.96 bits per heavy atom. The van der Waals surface area contributed by atoms with Gasteiger partial charge in [0, 0.05) is 13.0 Å². The molecule has 0 aromatic heterocycles. The number of unbranched alkanes of at least 4 members (excludes halogenated alkanes) is 1. The van der Waals surface area contributed by atoms with E-state index in [0.29, 0.717) is 25.6 Å². The van der Waals surface area contributed by atoms with Crippen molar-refractivity contribution in [2.24, 2.45) is 5.92 Å². The Balaban J connectivity index is 1.67. The second kappa shape index (κ2) is 10.2. The number of benzene rings is 1. The van der Waals surface area contributed by atoms with E-state index in [1.807, 2.05) is 12.1 Å². The SMILES string of the molecule is CCCC[C@H](CC)CNC(=O)CCCc1ccc2c(c1)OCCO2. The van der Waals surface area contributed by atoms with Crippen molar-refractivity contribution >= 4 is 5.91 Å². The predicted molar refractivity (Wildman–Crippen MR) is 96.7 cm³/mol. The van der Waals surface area contributed by atoms with E-state index >= 15 is 0 Å². The van der Waals surface area contributed by atoms with Crippen LogP contribution in [0.15, 0.2) is 18.2 Å². The first-order valence-corrected chi connectivity index (χ1v) is 9.38. The van der Waals surface area contributed by atoms with Crippen molar-refractivity contribution in [3.8, 4) is 11.5 Å². The molecule has 134 valence electrons. The molecule has 0 bridgehead atoms. The zero-order chi connectivity index (χ0) is 17.2. The minimum absolute atomic E-state index is 0.169. The van der Waals surface area contributed by atoms with Gasteiger partial charge in [-0.25, -0.2) is 0 Å². The van der Waals surface area contributed by atoms with E-state index in [-0.39, 0.29) is 5.91 Å². The summed E-state index contributed by atoms with van der Waals surface area (Å²) in [6.45, 7) is 6.45. The molecule has 1 aromatic rings. The second-order valence-corrected chi connectivity index (χ2v) is 6.55. The number of amides is 1. The molecule has 0 spiro atoms. The van der Waals surface area contributed by atoms with Crippen molar-refractivity contribution in [1.29, 1.82) is 0 Å². The van der Waals surface area contributed by atoms with E-state index in [1.165, 1.54) is 24.8 Å². The van der Waals surface area contributed by atoms with Crippen LogP contribution < -0.4 is 14.8 Å². The van der Waals surface area contributed by atoms with Crippen LogP contribution in [-0.4, -0.2) is 25.7 Å². The number of nitrogens with one attached hydrogen (secondary N) is 1. The van der Waals surface area contributed by atoms with Gasteiger partial charge in [-0.15, -0.1) is 0 Å². The van der Waals surface area contributed by atoms with Crippen molar-refractivity contribution in [2.45, 2.75) is 58.8 Å². The Labute approximate surface area is 145 Å².